The number of nitrogens with zero attached hydrogens (tertiary/aromatic N) is 1. The van der Waals surface area contributed by atoms with Crippen LogP contribution in [-0.2, 0) is 4.79 Å². The Balaban J connectivity index is 1.97. The summed E-state index contributed by atoms with van der Waals surface area (Å²) in [6.07, 6.45) is 1.17. The van der Waals surface area contributed by atoms with Crippen molar-refractivity contribution >= 4 is 11.9 Å². The molecule has 0 fully saturated rings. The van der Waals surface area contributed by atoms with Crippen molar-refractivity contribution in [2.45, 2.75) is 19.4 Å². The lowest BCUT2D eigenvalue weighted by atomic mass is 9.98. The normalized spacial score (nSPS) is 11.5. The van der Waals surface area contributed by atoms with Crippen LogP contribution in [0.15, 0.2) is 60.8 Å². The van der Waals surface area contributed by atoms with Gasteiger partial charge in [-0.05, 0) is 30.2 Å². The first-order valence-corrected chi connectivity index (χ1v) is 9.70. The van der Waals surface area contributed by atoms with Gasteiger partial charge in [-0.2, -0.15) is 0 Å². The number of carboxylic acids is 1. The zero-order valence-corrected chi connectivity index (χ0v) is 17.6. The highest BCUT2D eigenvalue weighted by atomic mass is 16.5. The van der Waals surface area contributed by atoms with E-state index in [-0.39, 0.29) is 12.0 Å². The molecule has 1 amide bonds. The van der Waals surface area contributed by atoms with Crippen LogP contribution in [0.25, 0.3) is 11.1 Å². The van der Waals surface area contributed by atoms with Crippen LogP contribution in [0.4, 0.5) is 0 Å². The van der Waals surface area contributed by atoms with Crippen LogP contribution in [0.5, 0.6) is 11.6 Å². The number of methoxy groups -OCH3 is 2. The number of amides is 1. The van der Waals surface area contributed by atoms with Crippen molar-refractivity contribution in [3.05, 3.63) is 77.5 Å². The average Bonchev–Trinajstić information content (AvgIpc) is 2.78. The molecule has 3 aromatic rings. The summed E-state index contributed by atoms with van der Waals surface area (Å²) in [6, 6.07) is 15.7. The first-order chi connectivity index (χ1) is 14.9. The molecular formula is C24H24N2O5. The lowest BCUT2D eigenvalue weighted by molar-refractivity contribution is -0.137. The topological polar surface area (TPSA) is 97.8 Å². The minimum Gasteiger partial charge on any atom is -0.496 e. The number of ether oxygens (including phenoxy) is 2. The summed E-state index contributed by atoms with van der Waals surface area (Å²) in [7, 11) is 3.07. The van der Waals surface area contributed by atoms with E-state index in [0.29, 0.717) is 17.2 Å². The number of aryl methyl sites for hydroxylation is 1. The Labute approximate surface area is 180 Å². The molecular weight excluding hydrogens is 396 g/mol. The monoisotopic (exact) mass is 420 g/mol. The summed E-state index contributed by atoms with van der Waals surface area (Å²) in [5.74, 6) is -0.470. The van der Waals surface area contributed by atoms with Crippen LogP contribution in [0.2, 0.25) is 0 Å². The third-order valence-corrected chi connectivity index (χ3v) is 4.95. The van der Waals surface area contributed by atoms with Crippen molar-refractivity contribution in [3.63, 3.8) is 0 Å². The summed E-state index contributed by atoms with van der Waals surface area (Å²) in [4.78, 5) is 28.7. The summed E-state index contributed by atoms with van der Waals surface area (Å²) in [5.41, 5.74) is 3.26. The summed E-state index contributed by atoms with van der Waals surface area (Å²) in [5, 5.41) is 12.2. The molecule has 1 unspecified atom stereocenters. The predicted molar refractivity (Wildman–Crippen MR) is 116 cm³/mol. The number of carboxylic acid groups (broad SMARTS) is 1. The number of rotatable bonds is 8. The van der Waals surface area contributed by atoms with Gasteiger partial charge in [-0.15, -0.1) is 0 Å². The quantitative estimate of drug-likeness (QED) is 0.571. The first kappa shape index (κ1) is 21.8. The average molecular weight is 420 g/mol. The van der Waals surface area contributed by atoms with E-state index in [1.807, 2.05) is 55.5 Å². The van der Waals surface area contributed by atoms with Crippen molar-refractivity contribution < 1.29 is 24.2 Å². The summed E-state index contributed by atoms with van der Waals surface area (Å²) >= 11 is 0. The maximum absolute atomic E-state index is 13.0. The largest absolute Gasteiger partial charge is 0.496 e. The number of hydrogen-bond donors (Lipinski definition) is 2. The van der Waals surface area contributed by atoms with E-state index in [1.54, 1.807) is 13.2 Å². The van der Waals surface area contributed by atoms with Crippen LogP contribution in [-0.4, -0.2) is 36.2 Å². The lowest BCUT2D eigenvalue weighted by Gasteiger charge is -2.20. The Morgan fingerprint density at radius 2 is 1.74 bits per heavy atom. The van der Waals surface area contributed by atoms with E-state index in [9.17, 15) is 14.7 Å². The fourth-order valence-electron chi connectivity index (χ4n) is 3.43. The Hall–Kier alpha value is -3.87. The van der Waals surface area contributed by atoms with Crippen LogP contribution in [0.1, 0.15) is 33.9 Å². The van der Waals surface area contributed by atoms with Gasteiger partial charge in [0.05, 0.1) is 32.2 Å². The van der Waals surface area contributed by atoms with E-state index in [4.69, 9.17) is 9.47 Å². The van der Waals surface area contributed by atoms with Crippen molar-refractivity contribution in [3.8, 4) is 22.8 Å². The van der Waals surface area contributed by atoms with Gasteiger partial charge in [-0.3, -0.25) is 9.59 Å². The van der Waals surface area contributed by atoms with E-state index >= 15 is 0 Å². The number of benzene rings is 2. The molecule has 0 aliphatic heterocycles. The van der Waals surface area contributed by atoms with Gasteiger partial charge in [0.2, 0.25) is 5.88 Å². The molecule has 31 heavy (non-hydrogen) atoms. The molecule has 1 atom stereocenters. The molecule has 1 aromatic heterocycles. The second-order valence-corrected chi connectivity index (χ2v) is 6.96. The number of carbonyl (C=O) groups excluding carboxylic acids is 1. The number of carbonyl (C=O) groups is 2. The SMILES string of the molecule is COc1ccccc1-c1cc(C(=O)NC(CC(=O)O)c2ccccc2C)cnc1OC. The Bertz CT molecular complexity index is 1100. The number of hydrogen-bond acceptors (Lipinski definition) is 5. The molecule has 0 bridgehead atoms. The second-order valence-electron chi connectivity index (χ2n) is 6.96. The lowest BCUT2D eigenvalue weighted by Crippen LogP contribution is -2.30. The molecule has 2 aromatic carbocycles. The highest BCUT2D eigenvalue weighted by molar-refractivity contribution is 5.96. The molecule has 7 nitrogen and oxygen atoms in total. The molecule has 1 heterocycles. The summed E-state index contributed by atoms with van der Waals surface area (Å²) < 4.78 is 10.8. The standard InChI is InChI=1S/C24H24N2O5/c1-15-8-4-5-9-17(15)20(13-22(27)28)26-23(29)16-12-19(24(31-3)25-14-16)18-10-6-7-11-21(18)30-2/h4-12,14,20H,13H2,1-3H3,(H,26,29)(H,27,28). The zero-order valence-electron chi connectivity index (χ0n) is 17.6. The Morgan fingerprint density at radius 3 is 2.42 bits per heavy atom. The number of nitrogens with one attached hydrogen (secondary N) is 1. The van der Waals surface area contributed by atoms with Gasteiger partial charge in [0, 0.05) is 17.3 Å². The fourth-order valence-corrected chi connectivity index (χ4v) is 3.43. The number of aliphatic carboxylic acids is 1. The van der Waals surface area contributed by atoms with Crippen molar-refractivity contribution in [2.75, 3.05) is 14.2 Å². The fraction of sp³-hybridized carbons (Fsp3) is 0.208. The van der Waals surface area contributed by atoms with Gasteiger partial charge >= 0.3 is 5.97 Å². The minimum atomic E-state index is -1.00. The third kappa shape index (κ3) is 5.01. The molecule has 0 radical (unpaired) electrons. The van der Waals surface area contributed by atoms with Crippen LogP contribution >= 0.6 is 0 Å². The van der Waals surface area contributed by atoms with Crippen LogP contribution < -0.4 is 14.8 Å². The van der Waals surface area contributed by atoms with Gasteiger partial charge < -0.3 is 19.9 Å². The molecule has 0 aliphatic rings. The Morgan fingerprint density at radius 1 is 1.03 bits per heavy atom. The number of aromatic nitrogens is 1. The van der Waals surface area contributed by atoms with E-state index < -0.39 is 17.9 Å². The third-order valence-electron chi connectivity index (χ3n) is 4.95. The van der Waals surface area contributed by atoms with Crippen molar-refractivity contribution in [1.29, 1.82) is 0 Å². The van der Waals surface area contributed by atoms with E-state index in [2.05, 4.69) is 10.3 Å². The van der Waals surface area contributed by atoms with Gasteiger partial charge in [0.15, 0.2) is 0 Å². The van der Waals surface area contributed by atoms with Crippen molar-refractivity contribution in [2.24, 2.45) is 0 Å². The van der Waals surface area contributed by atoms with Gasteiger partial charge in [-0.25, -0.2) is 4.98 Å². The van der Waals surface area contributed by atoms with Crippen LogP contribution in [0.3, 0.4) is 0 Å². The summed E-state index contributed by atoms with van der Waals surface area (Å²) in [6.45, 7) is 1.88. The van der Waals surface area contributed by atoms with Gasteiger partial charge in [0.1, 0.15) is 5.75 Å². The molecule has 0 saturated heterocycles. The first-order valence-electron chi connectivity index (χ1n) is 9.70. The van der Waals surface area contributed by atoms with Gasteiger partial charge in [0.25, 0.3) is 5.91 Å². The maximum Gasteiger partial charge on any atom is 0.305 e. The van der Waals surface area contributed by atoms with Crippen LogP contribution in [0, 0.1) is 6.92 Å². The minimum absolute atomic E-state index is 0.237. The molecule has 0 aliphatic carbocycles. The van der Waals surface area contributed by atoms with Crippen molar-refractivity contribution in [1.82, 2.24) is 10.3 Å². The number of para-hydroxylation sites is 1. The highest BCUT2D eigenvalue weighted by Crippen LogP contribution is 2.35. The highest BCUT2D eigenvalue weighted by Gasteiger charge is 2.22. The molecule has 0 saturated carbocycles. The Kier molecular flexibility index (Phi) is 6.87. The molecule has 160 valence electrons. The molecule has 3 rings (SSSR count). The maximum atomic E-state index is 13.0. The smallest absolute Gasteiger partial charge is 0.305 e. The van der Waals surface area contributed by atoms with E-state index in [0.717, 1.165) is 16.7 Å². The zero-order chi connectivity index (χ0) is 22.4. The van der Waals surface area contributed by atoms with Gasteiger partial charge in [-0.1, -0.05) is 42.5 Å². The predicted octanol–water partition coefficient (Wildman–Crippen LogP) is 4.02. The molecule has 2 N–H and O–H groups in total. The van der Waals surface area contributed by atoms with E-state index in [1.165, 1.54) is 13.3 Å². The second kappa shape index (κ2) is 9.75. The molecule has 7 heteroatoms. The number of pyridine rings is 1. The molecule has 0 spiro atoms.